The highest BCUT2D eigenvalue weighted by Crippen LogP contribution is 2.37. The van der Waals surface area contributed by atoms with Gasteiger partial charge in [0, 0.05) is 53.1 Å². The molecule has 36 heavy (non-hydrogen) atoms. The van der Waals surface area contributed by atoms with Crippen LogP contribution < -0.4 is 11.1 Å². The number of fused-ring (bicyclic) bond motifs is 1. The van der Waals surface area contributed by atoms with Crippen LogP contribution in [-0.4, -0.2) is 22.6 Å². The summed E-state index contributed by atoms with van der Waals surface area (Å²) < 4.78 is 2.44. The van der Waals surface area contributed by atoms with E-state index in [1.165, 1.54) is 48.6 Å². The van der Waals surface area contributed by atoms with Gasteiger partial charge in [0.15, 0.2) is 0 Å². The number of para-hydroxylation sites is 1. The van der Waals surface area contributed by atoms with Crippen molar-refractivity contribution in [3.05, 3.63) is 70.9 Å². The smallest absolute Gasteiger partial charge is 0.221 e. The zero-order valence-corrected chi connectivity index (χ0v) is 22.6. The van der Waals surface area contributed by atoms with Gasteiger partial charge in [-0.1, -0.05) is 61.2 Å². The van der Waals surface area contributed by atoms with Crippen LogP contribution in [0.2, 0.25) is 5.02 Å². The Bertz CT molecular complexity index is 1150. The van der Waals surface area contributed by atoms with Crippen molar-refractivity contribution in [3.8, 4) is 0 Å². The van der Waals surface area contributed by atoms with Gasteiger partial charge in [-0.05, 0) is 73.8 Å². The fourth-order valence-electron chi connectivity index (χ4n) is 6.22. The van der Waals surface area contributed by atoms with E-state index in [1.807, 2.05) is 18.2 Å². The SMILES string of the molecule is Cl.NC1CCC(NC(=O)CC(c2cccc(Cl)c2)c2cn(CC3CCCCC3)c3ccccc23)CC1. The topological polar surface area (TPSA) is 60.0 Å². The van der Waals surface area contributed by atoms with E-state index in [-0.39, 0.29) is 36.3 Å². The number of hydrogen-bond donors (Lipinski definition) is 2. The molecule has 2 fully saturated rings. The van der Waals surface area contributed by atoms with Gasteiger partial charge in [-0.2, -0.15) is 0 Å². The molecule has 2 aliphatic rings. The van der Waals surface area contributed by atoms with Crippen LogP contribution in [0.3, 0.4) is 0 Å². The lowest BCUT2D eigenvalue weighted by Gasteiger charge is -2.27. The number of halogens is 2. The molecule has 194 valence electrons. The predicted octanol–water partition coefficient (Wildman–Crippen LogP) is 7.20. The third-order valence-corrected chi connectivity index (χ3v) is 8.39. The molecule has 0 bridgehead atoms. The van der Waals surface area contributed by atoms with E-state index >= 15 is 0 Å². The summed E-state index contributed by atoms with van der Waals surface area (Å²) in [7, 11) is 0. The van der Waals surface area contributed by atoms with Crippen molar-refractivity contribution >= 4 is 40.8 Å². The minimum atomic E-state index is -0.0444. The number of nitrogens with one attached hydrogen (secondary N) is 1. The Balaban J connectivity index is 0.00000304. The molecule has 2 aliphatic carbocycles. The standard InChI is InChI=1S/C30H38ClN3O.ClH/c31-23-10-6-9-22(17-23)27(18-30(35)33-25-15-13-24(32)14-16-25)28-20-34(19-21-7-2-1-3-8-21)29-12-5-4-11-26(28)29;/h4-6,9-12,17,20-21,24-25,27H,1-3,7-8,13-16,18-19,32H2,(H,33,35);1H. The highest BCUT2D eigenvalue weighted by Gasteiger charge is 2.26. The second-order valence-electron chi connectivity index (χ2n) is 10.7. The lowest BCUT2D eigenvalue weighted by molar-refractivity contribution is -0.122. The molecule has 1 aromatic heterocycles. The highest BCUT2D eigenvalue weighted by molar-refractivity contribution is 6.30. The highest BCUT2D eigenvalue weighted by atomic mass is 35.5. The summed E-state index contributed by atoms with van der Waals surface area (Å²) in [4.78, 5) is 13.3. The van der Waals surface area contributed by atoms with Crippen LogP contribution in [-0.2, 0) is 11.3 Å². The summed E-state index contributed by atoms with van der Waals surface area (Å²) in [5.41, 5.74) is 9.65. The van der Waals surface area contributed by atoms with Crippen molar-refractivity contribution in [3.63, 3.8) is 0 Å². The van der Waals surface area contributed by atoms with Gasteiger partial charge >= 0.3 is 0 Å². The van der Waals surface area contributed by atoms with Gasteiger partial charge in [-0.3, -0.25) is 4.79 Å². The Morgan fingerprint density at radius 1 is 1.00 bits per heavy atom. The average molecular weight is 529 g/mol. The molecule has 0 aliphatic heterocycles. The van der Waals surface area contributed by atoms with Crippen LogP contribution in [0.25, 0.3) is 10.9 Å². The normalized spacial score (nSPS) is 21.6. The molecule has 6 heteroatoms. The van der Waals surface area contributed by atoms with Crippen LogP contribution >= 0.6 is 24.0 Å². The molecule has 0 spiro atoms. The molecule has 2 saturated carbocycles. The molecular formula is C30H39Cl2N3O. The number of nitrogens with zero attached hydrogens (tertiary/aromatic N) is 1. The van der Waals surface area contributed by atoms with E-state index in [1.54, 1.807) is 0 Å². The monoisotopic (exact) mass is 527 g/mol. The van der Waals surface area contributed by atoms with Crippen molar-refractivity contribution in [1.29, 1.82) is 0 Å². The van der Waals surface area contributed by atoms with Crippen molar-refractivity contribution in [2.75, 3.05) is 0 Å². The fourth-order valence-corrected chi connectivity index (χ4v) is 6.42. The fraction of sp³-hybridized carbons (Fsp3) is 0.500. The summed E-state index contributed by atoms with van der Waals surface area (Å²) >= 11 is 6.42. The Kier molecular flexibility index (Phi) is 9.38. The number of benzene rings is 2. The summed E-state index contributed by atoms with van der Waals surface area (Å²) in [5, 5.41) is 5.26. The van der Waals surface area contributed by atoms with Crippen LogP contribution in [0.15, 0.2) is 54.7 Å². The molecule has 0 saturated heterocycles. The molecule has 3 aromatic rings. The van der Waals surface area contributed by atoms with E-state index in [2.05, 4.69) is 46.4 Å². The number of amides is 1. The van der Waals surface area contributed by atoms with E-state index in [0.29, 0.717) is 11.4 Å². The van der Waals surface area contributed by atoms with E-state index in [0.717, 1.165) is 43.7 Å². The second-order valence-corrected chi connectivity index (χ2v) is 11.2. The van der Waals surface area contributed by atoms with Crippen molar-refractivity contribution in [1.82, 2.24) is 9.88 Å². The quantitative estimate of drug-likeness (QED) is 0.341. The molecule has 0 radical (unpaired) electrons. The number of aromatic nitrogens is 1. The van der Waals surface area contributed by atoms with Gasteiger partial charge in [0.2, 0.25) is 5.91 Å². The molecule has 1 unspecified atom stereocenters. The van der Waals surface area contributed by atoms with Crippen LogP contribution in [0.4, 0.5) is 0 Å². The van der Waals surface area contributed by atoms with Gasteiger partial charge in [0.25, 0.3) is 0 Å². The number of carbonyl (C=O) groups excluding carboxylic acids is 1. The Hall–Kier alpha value is -2.01. The molecule has 5 rings (SSSR count). The van der Waals surface area contributed by atoms with Gasteiger partial charge in [0.05, 0.1) is 0 Å². The van der Waals surface area contributed by atoms with Gasteiger partial charge in [0.1, 0.15) is 0 Å². The Labute approximate surface area is 226 Å². The van der Waals surface area contributed by atoms with Crippen molar-refractivity contribution < 1.29 is 4.79 Å². The number of carbonyl (C=O) groups is 1. The number of rotatable bonds is 7. The minimum absolute atomic E-state index is 0. The molecule has 2 aromatic carbocycles. The molecule has 3 N–H and O–H groups in total. The maximum absolute atomic E-state index is 13.3. The summed E-state index contributed by atoms with van der Waals surface area (Å²) in [6.45, 7) is 1.05. The first-order valence-electron chi connectivity index (χ1n) is 13.4. The average Bonchev–Trinajstić information content (AvgIpc) is 3.23. The largest absolute Gasteiger partial charge is 0.353 e. The molecule has 1 heterocycles. The van der Waals surface area contributed by atoms with Crippen LogP contribution in [0.5, 0.6) is 0 Å². The second kappa shape index (κ2) is 12.5. The molecule has 1 amide bonds. The van der Waals surface area contributed by atoms with E-state index in [4.69, 9.17) is 17.3 Å². The Morgan fingerprint density at radius 3 is 2.50 bits per heavy atom. The van der Waals surface area contributed by atoms with Crippen molar-refractivity contribution in [2.24, 2.45) is 11.7 Å². The lowest BCUT2D eigenvalue weighted by atomic mass is 9.87. The first kappa shape index (κ1) is 27.0. The van der Waals surface area contributed by atoms with Gasteiger partial charge in [-0.15, -0.1) is 12.4 Å². The van der Waals surface area contributed by atoms with Crippen molar-refractivity contribution in [2.45, 2.75) is 88.8 Å². The zero-order chi connectivity index (χ0) is 24.2. The minimum Gasteiger partial charge on any atom is -0.353 e. The first-order chi connectivity index (χ1) is 17.1. The predicted molar refractivity (Wildman–Crippen MR) is 152 cm³/mol. The molecule has 4 nitrogen and oxygen atoms in total. The first-order valence-corrected chi connectivity index (χ1v) is 13.8. The third kappa shape index (κ3) is 6.45. The van der Waals surface area contributed by atoms with E-state index in [9.17, 15) is 4.79 Å². The summed E-state index contributed by atoms with van der Waals surface area (Å²) in [5.74, 6) is 0.801. The van der Waals surface area contributed by atoms with Gasteiger partial charge < -0.3 is 15.6 Å². The van der Waals surface area contributed by atoms with E-state index < -0.39 is 0 Å². The molecule has 1 atom stereocenters. The third-order valence-electron chi connectivity index (χ3n) is 8.15. The lowest BCUT2D eigenvalue weighted by Crippen LogP contribution is -2.40. The van der Waals surface area contributed by atoms with Crippen LogP contribution in [0, 0.1) is 5.92 Å². The van der Waals surface area contributed by atoms with Gasteiger partial charge in [-0.25, -0.2) is 0 Å². The summed E-state index contributed by atoms with van der Waals surface area (Å²) in [6.07, 6.45) is 13.3. The Morgan fingerprint density at radius 2 is 1.75 bits per heavy atom. The number of nitrogens with two attached hydrogens (primary N) is 1. The molecular weight excluding hydrogens is 489 g/mol. The maximum Gasteiger partial charge on any atom is 0.221 e. The zero-order valence-electron chi connectivity index (χ0n) is 21.0. The maximum atomic E-state index is 13.3. The van der Waals surface area contributed by atoms with Crippen LogP contribution in [0.1, 0.15) is 81.3 Å². The summed E-state index contributed by atoms with van der Waals surface area (Å²) in [6, 6.07) is 17.2. The number of hydrogen-bond acceptors (Lipinski definition) is 2.